The number of hydrogen-bond donors (Lipinski definition) is 1. The second-order valence-electron chi connectivity index (χ2n) is 5.29. The number of hydrogen-bond acceptors (Lipinski definition) is 2. The lowest BCUT2D eigenvalue weighted by atomic mass is 9.89. The van der Waals surface area contributed by atoms with E-state index in [1.165, 1.54) is 6.08 Å². The summed E-state index contributed by atoms with van der Waals surface area (Å²) in [5.74, 6) is -0.992. The van der Waals surface area contributed by atoms with Gasteiger partial charge in [0, 0.05) is 5.57 Å². The Hall–Kier alpha value is -1.64. The number of aliphatic carboxylic acids is 1. The smallest absolute Gasteiger partial charge is 0.331 e. The minimum Gasteiger partial charge on any atom is -0.478 e. The summed E-state index contributed by atoms with van der Waals surface area (Å²) >= 11 is 0. The molecule has 3 heteroatoms. The van der Waals surface area contributed by atoms with E-state index in [1.54, 1.807) is 24.3 Å². The molecule has 0 spiro atoms. The zero-order valence-electron chi connectivity index (χ0n) is 12.3. The molecule has 1 aliphatic rings. The van der Waals surface area contributed by atoms with Crippen molar-refractivity contribution in [3.8, 4) is 0 Å². The topological polar surface area (TPSA) is 54.4 Å². The molecule has 0 heterocycles. The molecule has 1 N–H and O–H groups in total. The van der Waals surface area contributed by atoms with Gasteiger partial charge in [0.25, 0.3) is 0 Å². The van der Waals surface area contributed by atoms with Gasteiger partial charge >= 0.3 is 5.97 Å². The third-order valence-electron chi connectivity index (χ3n) is 3.73. The molecule has 0 saturated heterocycles. The largest absolute Gasteiger partial charge is 0.478 e. The normalized spacial score (nSPS) is 20.2. The van der Waals surface area contributed by atoms with E-state index in [0.717, 1.165) is 25.7 Å². The molecule has 0 bridgehead atoms. The number of rotatable bonds is 8. The number of carboxylic acid groups (broad SMARTS) is 1. The van der Waals surface area contributed by atoms with Crippen LogP contribution in [0.2, 0.25) is 0 Å². The monoisotopic (exact) mass is 276 g/mol. The van der Waals surface area contributed by atoms with E-state index in [0.29, 0.717) is 17.9 Å². The van der Waals surface area contributed by atoms with Crippen molar-refractivity contribution in [1.29, 1.82) is 0 Å². The molecule has 0 amide bonds. The Morgan fingerprint density at radius 2 is 2.15 bits per heavy atom. The Morgan fingerprint density at radius 3 is 2.70 bits per heavy atom. The third-order valence-corrected chi connectivity index (χ3v) is 3.73. The van der Waals surface area contributed by atoms with Gasteiger partial charge in [-0.1, -0.05) is 63.8 Å². The highest BCUT2D eigenvalue weighted by atomic mass is 16.4. The number of allylic oxidation sites excluding steroid dienone is 5. The van der Waals surface area contributed by atoms with E-state index >= 15 is 0 Å². The van der Waals surface area contributed by atoms with Crippen molar-refractivity contribution >= 4 is 11.8 Å². The van der Waals surface area contributed by atoms with Crippen LogP contribution >= 0.6 is 0 Å². The zero-order valence-corrected chi connectivity index (χ0v) is 12.3. The van der Waals surface area contributed by atoms with Crippen LogP contribution in [0.25, 0.3) is 0 Å². The van der Waals surface area contributed by atoms with Crippen LogP contribution in [0.15, 0.2) is 36.0 Å². The maximum Gasteiger partial charge on any atom is 0.331 e. The van der Waals surface area contributed by atoms with Crippen molar-refractivity contribution in [1.82, 2.24) is 0 Å². The minimum absolute atomic E-state index is 0.0483. The van der Waals surface area contributed by atoms with E-state index in [4.69, 9.17) is 0 Å². The van der Waals surface area contributed by atoms with Crippen molar-refractivity contribution in [3.63, 3.8) is 0 Å². The SMILES string of the molecule is CCCCC(CC)CC(=CC1C=CC=CC1=O)C(=O)O. The number of ketones is 1. The summed E-state index contributed by atoms with van der Waals surface area (Å²) in [6.45, 7) is 4.23. The lowest BCUT2D eigenvalue weighted by molar-refractivity contribution is -0.133. The molecular formula is C17H24O3. The second kappa shape index (κ2) is 8.51. The molecule has 0 aromatic rings. The van der Waals surface area contributed by atoms with Gasteiger partial charge in [0.1, 0.15) is 0 Å². The van der Waals surface area contributed by atoms with E-state index in [-0.39, 0.29) is 5.78 Å². The second-order valence-corrected chi connectivity index (χ2v) is 5.29. The molecule has 0 radical (unpaired) electrons. The van der Waals surface area contributed by atoms with Gasteiger partial charge in [-0.05, 0) is 18.4 Å². The first-order chi connectivity index (χ1) is 9.58. The fraction of sp³-hybridized carbons (Fsp3) is 0.529. The molecule has 3 nitrogen and oxygen atoms in total. The molecule has 0 saturated carbocycles. The quantitative estimate of drug-likeness (QED) is 0.684. The van der Waals surface area contributed by atoms with Gasteiger partial charge in [0.15, 0.2) is 5.78 Å². The molecular weight excluding hydrogens is 252 g/mol. The van der Waals surface area contributed by atoms with Crippen LogP contribution < -0.4 is 0 Å². The van der Waals surface area contributed by atoms with Crippen LogP contribution in [0.4, 0.5) is 0 Å². The fourth-order valence-electron chi connectivity index (χ4n) is 2.38. The predicted molar refractivity (Wildman–Crippen MR) is 80.4 cm³/mol. The Bertz CT molecular complexity index is 430. The van der Waals surface area contributed by atoms with Crippen LogP contribution in [-0.4, -0.2) is 16.9 Å². The van der Waals surface area contributed by atoms with Crippen LogP contribution in [0.1, 0.15) is 46.0 Å². The van der Waals surface area contributed by atoms with Gasteiger partial charge in [-0.25, -0.2) is 4.79 Å². The van der Waals surface area contributed by atoms with Crippen molar-refractivity contribution < 1.29 is 14.7 Å². The standard InChI is InChI=1S/C17H24O3/c1-3-5-8-13(4-2)11-15(17(19)20)12-14-9-6-7-10-16(14)18/h6-7,9-10,12-14H,3-5,8,11H2,1-2H3,(H,19,20). The average molecular weight is 276 g/mol. The summed E-state index contributed by atoms with van der Waals surface area (Å²) in [5, 5.41) is 9.34. The van der Waals surface area contributed by atoms with Crippen molar-refractivity contribution in [2.24, 2.45) is 11.8 Å². The molecule has 20 heavy (non-hydrogen) atoms. The van der Waals surface area contributed by atoms with Crippen molar-refractivity contribution in [3.05, 3.63) is 36.0 Å². The van der Waals surface area contributed by atoms with Crippen molar-refractivity contribution in [2.75, 3.05) is 0 Å². The molecule has 2 atom stereocenters. The molecule has 110 valence electrons. The lowest BCUT2D eigenvalue weighted by Gasteiger charge is -2.16. The van der Waals surface area contributed by atoms with Crippen LogP contribution in [-0.2, 0) is 9.59 Å². The number of carboxylic acids is 1. The fourth-order valence-corrected chi connectivity index (χ4v) is 2.38. The van der Waals surface area contributed by atoms with E-state index in [2.05, 4.69) is 13.8 Å². The van der Waals surface area contributed by atoms with Crippen LogP contribution in [0.5, 0.6) is 0 Å². The maximum atomic E-state index is 11.7. The number of carbonyl (C=O) groups is 2. The van der Waals surface area contributed by atoms with E-state index in [1.807, 2.05) is 0 Å². The summed E-state index contributed by atoms with van der Waals surface area (Å²) < 4.78 is 0. The number of carbonyl (C=O) groups excluding carboxylic acids is 1. The summed E-state index contributed by atoms with van der Waals surface area (Å²) in [6, 6.07) is 0. The minimum atomic E-state index is -0.907. The van der Waals surface area contributed by atoms with Crippen molar-refractivity contribution in [2.45, 2.75) is 46.0 Å². The Morgan fingerprint density at radius 1 is 1.40 bits per heavy atom. The highest BCUT2D eigenvalue weighted by Gasteiger charge is 2.19. The van der Waals surface area contributed by atoms with Gasteiger partial charge in [0.2, 0.25) is 0 Å². The van der Waals surface area contributed by atoms with Gasteiger partial charge in [0.05, 0.1) is 5.92 Å². The lowest BCUT2D eigenvalue weighted by Crippen LogP contribution is -2.14. The van der Waals surface area contributed by atoms with Gasteiger partial charge in [-0.3, -0.25) is 4.79 Å². The van der Waals surface area contributed by atoms with Gasteiger partial charge < -0.3 is 5.11 Å². The maximum absolute atomic E-state index is 11.7. The van der Waals surface area contributed by atoms with Gasteiger partial charge in [-0.2, -0.15) is 0 Å². The van der Waals surface area contributed by atoms with Crippen LogP contribution in [0, 0.1) is 11.8 Å². The first kappa shape index (κ1) is 16.4. The Balaban J connectivity index is 2.77. The third kappa shape index (κ3) is 5.16. The summed E-state index contributed by atoms with van der Waals surface area (Å²) in [6.07, 6.45) is 13.1. The molecule has 0 fully saturated rings. The van der Waals surface area contributed by atoms with Crippen LogP contribution in [0.3, 0.4) is 0 Å². The molecule has 2 unspecified atom stereocenters. The summed E-state index contributed by atoms with van der Waals surface area (Å²) in [7, 11) is 0. The molecule has 1 rings (SSSR count). The molecule has 0 aromatic heterocycles. The Kier molecular flexibility index (Phi) is 6.99. The highest BCUT2D eigenvalue weighted by Crippen LogP contribution is 2.23. The number of unbranched alkanes of at least 4 members (excludes halogenated alkanes) is 1. The zero-order chi connectivity index (χ0) is 15.0. The molecule has 0 aromatic carbocycles. The first-order valence-electron chi connectivity index (χ1n) is 7.41. The van der Waals surface area contributed by atoms with E-state index in [9.17, 15) is 14.7 Å². The summed E-state index contributed by atoms with van der Waals surface area (Å²) in [4.78, 5) is 23.1. The average Bonchev–Trinajstić information content (AvgIpc) is 2.44. The molecule has 1 aliphatic carbocycles. The Labute approximate surface area is 121 Å². The first-order valence-corrected chi connectivity index (χ1v) is 7.41. The van der Waals surface area contributed by atoms with E-state index < -0.39 is 11.9 Å². The summed E-state index contributed by atoms with van der Waals surface area (Å²) in [5.41, 5.74) is 0.367. The molecule has 0 aliphatic heterocycles. The highest BCUT2D eigenvalue weighted by molar-refractivity contribution is 5.97. The predicted octanol–water partition coefficient (Wildman–Crippen LogP) is 3.92. The van der Waals surface area contributed by atoms with Gasteiger partial charge in [-0.15, -0.1) is 0 Å².